The van der Waals surface area contributed by atoms with Crippen molar-refractivity contribution in [1.29, 1.82) is 0 Å². The van der Waals surface area contributed by atoms with Gasteiger partial charge in [-0.1, -0.05) is 27.2 Å². The second-order valence-corrected chi connectivity index (χ2v) is 7.14. The van der Waals surface area contributed by atoms with E-state index in [1.54, 1.807) is 0 Å². The summed E-state index contributed by atoms with van der Waals surface area (Å²) in [4.78, 5) is 8.66. The fourth-order valence-electron chi connectivity index (χ4n) is 2.83. The van der Waals surface area contributed by atoms with Crippen LogP contribution >= 0.6 is 11.3 Å². The molecule has 0 aliphatic carbocycles. The van der Waals surface area contributed by atoms with Crippen LogP contribution in [0.5, 0.6) is 0 Å². The van der Waals surface area contributed by atoms with Crippen LogP contribution in [0, 0.1) is 5.92 Å². The number of rotatable bonds is 5. The highest BCUT2D eigenvalue weighted by Gasteiger charge is 2.26. The molecule has 3 atom stereocenters. The van der Waals surface area contributed by atoms with E-state index in [2.05, 4.69) is 49.1 Å². The molecule has 20 heavy (non-hydrogen) atoms. The van der Waals surface area contributed by atoms with Crippen molar-refractivity contribution in [3.8, 4) is 0 Å². The van der Waals surface area contributed by atoms with E-state index in [1.807, 2.05) is 11.3 Å². The molecular weight excluding hydrogens is 266 g/mol. The van der Waals surface area contributed by atoms with E-state index in [-0.39, 0.29) is 0 Å². The summed E-state index contributed by atoms with van der Waals surface area (Å²) in [6, 6.07) is 1.07. The molecule has 0 aromatic carbocycles. The van der Waals surface area contributed by atoms with Crippen molar-refractivity contribution in [3.63, 3.8) is 0 Å². The number of hydrogen-bond donors (Lipinski definition) is 1. The highest BCUT2D eigenvalue weighted by atomic mass is 32.1. The van der Waals surface area contributed by atoms with E-state index in [4.69, 9.17) is 0 Å². The Morgan fingerprint density at radius 1 is 1.45 bits per heavy atom. The van der Waals surface area contributed by atoms with E-state index in [0.717, 1.165) is 25.4 Å². The number of nitrogens with zero attached hydrogens (tertiary/aromatic N) is 2. The molecule has 1 aliphatic heterocycles. The maximum atomic E-state index is 4.64. The first-order valence-corrected chi connectivity index (χ1v) is 8.89. The molecule has 2 rings (SSSR count). The van der Waals surface area contributed by atoms with Crippen LogP contribution in [0.25, 0.3) is 0 Å². The number of aryl methyl sites for hydroxylation is 1. The van der Waals surface area contributed by atoms with Gasteiger partial charge in [-0.05, 0) is 32.2 Å². The Hall–Kier alpha value is -0.450. The first-order chi connectivity index (χ1) is 9.65. The molecule has 0 amide bonds. The molecule has 1 aliphatic rings. The van der Waals surface area contributed by atoms with Crippen LogP contribution in [-0.4, -0.2) is 35.6 Å². The first kappa shape index (κ1) is 15.9. The summed E-state index contributed by atoms with van der Waals surface area (Å²) >= 11 is 1.88. The van der Waals surface area contributed by atoms with Crippen molar-refractivity contribution in [2.75, 3.05) is 19.6 Å². The Morgan fingerprint density at radius 2 is 2.25 bits per heavy atom. The van der Waals surface area contributed by atoms with E-state index < -0.39 is 0 Å². The lowest BCUT2D eigenvalue weighted by molar-refractivity contribution is 0.188. The average molecular weight is 295 g/mol. The van der Waals surface area contributed by atoms with Gasteiger partial charge in [-0.2, -0.15) is 0 Å². The predicted molar refractivity (Wildman–Crippen MR) is 87.3 cm³/mol. The van der Waals surface area contributed by atoms with Gasteiger partial charge in [-0.15, -0.1) is 11.3 Å². The average Bonchev–Trinajstić information content (AvgIpc) is 2.82. The van der Waals surface area contributed by atoms with E-state index >= 15 is 0 Å². The molecule has 1 fully saturated rings. The molecule has 1 aromatic heterocycles. The van der Waals surface area contributed by atoms with Gasteiger partial charge in [0.2, 0.25) is 0 Å². The van der Waals surface area contributed by atoms with Gasteiger partial charge in [-0.25, -0.2) is 4.98 Å². The summed E-state index contributed by atoms with van der Waals surface area (Å²) in [5.74, 6) is 0.741. The Morgan fingerprint density at radius 3 is 2.90 bits per heavy atom. The quantitative estimate of drug-likeness (QED) is 0.901. The summed E-state index contributed by atoms with van der Waals surface area (Å²) in [6.45, 7) is 12.7. The topological polar surface area (TPSA) is 28.2 Å². The van der Waals surface area contributed by atoms with Crippen molar-refractivity contribution in [3.05, 3.63) is 16.1 Å². The van der Waals surface area contributed by atoms with Gasteiger partial charge in [0.1, 0.15) is 5.01 Å². The SMILES string of the molecule is CCc1cnc(C(C)N2CCCNC(C(C)CC)C2)s1. The van der Waals surface area contributed by atoms with Crippen LogP contribution in [-0.2, 0) is 6.42 Å². The summed E-state index contributed by atoms with van der Waals surface area (Å²) < 4.78 is 0. The summed E-state index contributed by atoms with van der Waals surface area (Å²) in [7, 11) is 0. The van der Waals surface area contributed by atoms with Crippen molar-refractivity contribution >= 4 is 11.3 Å². The maximum absolute atomic E-state index is 4.64. The Balaban J connectivity index is 2.05. The van der Waals surface area contributed by atoms with Gasteiger partial charge in [0.15, 0.2) is 0 Å². The van der Waals surface area contributed by atoms with Crippen molar-refractivity contribution < 1.29 is 0 Å². The minimum atomic E-state index is 0.451. The molecular formula is C16H29N3S. The largest absolute Gasteiger partial charge is 0.312 e. The van der Waals surface area contributed by atoms with E-state index in [0.29, 0.717) is 12.1 Å². The van der Waals surface area contributed by atoms with Gasteiger partial charge < -0.3 is 5.32 Å². The third-order valence-corrected chi connectivity index (χ3v) is 5.93. The lowest BCUT2D eigenvalue weighted by Crippen LogP contribution is -2.42. The van der Waals surface area contributed by atoms with Crippen molar-refractivity contribution in [2.45, 2.75) is 59.0 Å². The Labute approximate surface area is 127 Å². The molecule has 1 aromatic rings. The van der Waals surface area contributed by atoms with Crippen molar-refractivity contribution in [1.82, 2.24) is 15.2 Å². The number of nitrogens with one attached hydrogen (secondary N) is 1. The smallest absolute Gasteiger partial charge is 0.110 e. The first-order valence-electron chi connectivity index (χ1n) is 8.07. The molecule has 1 N–H and O–H groups in total. The van der Waals surface area contributed by atoms with Crippen LogP contribution in [0.4, 0.5) is 0 Å². The van der Waals surface area contributed by atoms with Crippen LogP contribution < -0.4 is 5.32 Å². The fraction of sp³-hybridized carbons (Fsp3) is 0.812. The minimum Gasteiger partial charge on any atom is -0.312 e. The van der Waals surface area contributed by atoms with Crippen LogP contribution in [0.2, 0.25) is 0 Å². The molecule has 0 bridgehead atoms. The van der Waals surface area contributed by atoms with Crippen LogP contribution in [0.1, 0.15) is 56.5 Å². The Bertz CT molecular complexity index is 404. The summed E-state index contributed by atoms with van der Waals surface area (Å²) in [5, 5.41) is 5.01. The third kappa shape index (κ3) is 3.80. The van der Waals surface area contributed by atoms with E-state index in [1.165, 1.54) is 29.3 Å². The summed E-state index contributed by atoms with van der Waals surface area (Å²) in [5.41, 5.74) is 0. The molecule has 0 radical (unpaired) electrons. The van der Waals surface area contributed by atoms with Crippen molar-refractivity contribution in [2.24, 2.45) is 5.92 Å². The lowest BCUT2D eigenvalue weighted by atomic mass is 9.98. The maximum Gasteiger partial charge on any atom is 0.110 e. The Kier molecular flexibility index (Phi) is 6.00. The molecule has 1 saturated heterocycles. The van der Waals surface area contributed by atoms with Gasteiger partial charge in [0.05, 0.1) is 6.04 Å². The molecule has 0 saturated carbocycles. The van der Waals surface area contributed by atoms with Gasteiger partial charge in [0, 0.05) is 30.2 Å². The standard InChI is InChI=1S/C16H29N3S/c1-5-12(3)15-11-19(9-7-8-17-15)13(4)16-18-10-14(6-2)20-16/h10,12-13,15,17H,5-9,11H2,1-4H3. The zero-order chi connectivity index (χ0) is 14.5. The highest BCUT2D eigenvalue weighted by molar-refractivity contribution is 7.11. The van der Waals surface area contributed by atoms with Gasteiger partial charge >= 0.3 is 0 Å². The summed E-state index contributed by atoms with van der Waals surface area (Å²) in [6.07, 6.45) is 5.64. The minimum absolute atomic E-state index is 0.451. The number of thiazole rings is 1. The predicted octanol–water partition coefficient (Wildman–Crippen LogP) is 3.48. The van der Waals surface area contributed by atoms with Crippen LogP contribution in [0.15, 0.2) is 6.20 Å². The highest BCUT2D eigenvalue weighted by Crippen LogP contribution is 2.27. The number of aromatic nitrogens is 1. The molecule has 114 valence electrons. The second-order valence-electron chi connectivity index (χ2n) is 5.99. The van der Waals surface area contributed by atoms with Gasteiger partial charge in [-0.3, -0.25) is 4.90 Å². The monoisotopic (exact) mass is 295 g/mol. The lowest BCUT2D eigenvalue weighted by Gasteiger charge is -2.31. The second kappa shape index (κ2) is 7.53. The third-order valence-electron chi connectivity index (χ3n) is 4.62. The van der Waals surface area contributed by atoms with Gasteiger partial charge in [0.25, 0.3) is 0 Å². The fourth-order valence-corrected chi connectivity index (χ4v) is 3.77. The molecule has 2 heterocycles. The zero-order valence-corrected chi connectivity index (χ0v) is 14.2. The molecule has 3 unspecified atom stereocenters. The number of hydrogen-bond acceptors (Lipinski definition) is 4. The normalized spacial score (nSPS) is 24.3. The molecule has 4 heteroatoms. The molecule has 0 spiro atoms. The zero-order valence-electron chi connectivity index (χ0n) is 13.4. The van der Waals surface area contributed by atoms with E-state index in [9.17, 15) is 0 Å². The molecule has 3 nitrogen and oxygen atoms in total. The van der Waals surface area contributed by atoms with Crippen LogP contribution in [0.3, 0.4) is 0 Å².